The summed E-state index contributed by atoms with van der Waals surface area (Å²) in [7, 11) is -3.53. The SMILES string of the molecule is CC(C)CC1(C#N)CS1(F)F. The lowest BCUT2D eigenvalue weighted by atomic mass is 10.0. The van der Waals surface area contributed by atoms with E-state index < -0.39 is 15.5 Å². The molecule has 0 spiro atoms. The lowest BCUT2D eigenvalue weighted by molar-refractivity contribution is 0.556. The second-order valence-electron chi connectivity index (χ2n) is 3.42. The number of hydrogen-bond acceptors (Lipinski definition) is 1. The topological polar surface area (TPSA) is 23.8 Å². The molecule has 0 saturated carbocycles. The van der Waals surface area contributed by atoms with Crippen molar-refractivity contribution in [1.29, 1.82) is 5.26 Å². The first-order chi connectivity index (χ1) is 4.93. The Morgan fingerprint density at radius 2 is 2.09 bits per heavy atom. The molecule has 11 heavy (non-hydrogen) atoms. The Labute approximate surface area is 67.3 Å². The van der Waals surface area contributed by atoms with E-state index in [4.69, 9.17) is 5.26 Å². The fourth-order valence-electron chi connectivity index (χ4n) is 1.25. The van der Waals surface area contributed by atoms with Crippen LogP contribution < -0.4 is 0 Å². The molecule has 0 bridgehead atoms. The molecule has 0 aromatic heterocycles. The maximum absolute atomic E-state index is 12.7. The monoisotopic (exact) mass is 179 g/mol. The van der Waals surface area contributed by atoms with Crippen molar-refractivity contribution in [1.82, 2.24) is 0 Å². The van der Waals surface area contributed by atoms with E-state index in [9.17, 15) is 7.77 Å². The van der Waals surface area contributed by atoms with Gasteiger partial charge in [-0.05, 0) is 12.3 Å². The summed E-state index contributed by atoms with van der Waals surface area (Å²) in [6.07, 6.45) is 0.353. The normalized spacial score (nSPS) is 36.4. The maximum Gasteiger partial charge on any atom is 0.152 e. The van der Waals surface area contributed by atoms with Crippen molar-refractivity contribution in [2.75, 3.05) is 5.75 Å². The van der Waals surface area contributed by atoms with Gasteiger partial charge < -0.3 is 0 Å². The van der Waals surface area contributed by atoms with Gasteiger partial charge in [0.15, 0.2) is 4.75 Å². The lowest BCUT2D eigenvalue weighted by Gasteiger charge is -2.10. The number of nitriles is 1. The molecule has 1 aliphatic rings. The minimum atomic E-state index is -3.53. The summed E-state index contributed by atoms with van der Waals surface area (Å²) in [5.41, 5.74) is 0. The average molecular weight is 179 g/mol. The van der Waals surface area contributed by atoms with Crippen LogP contribution in [0.5, 0.6) is 0 Å². The van der Waals surface area contributed by atoms with Crippen LogP contribution in [-0.2, 0) is 0 Å². The molecule has 1 rings (SSSR count). The molecule has 0 aromatic carbocycles. The maximum atomic E-state index is 12.7. The Balaban J connectivity index is 2.63. The van der Waals surface area contributed by atoms with Gasteiger partial charge in [-0.15, -0.1) is 0 Å². The molecule has 1 aliphatic heterocycles. The van der Waals surface area contributed by atoms with E-state index in [1.165, 1.54) is 0 Å². The fraction of sp³-hybridized carbons (Fsp3) is 0.857. The second kappa shape index (κ2) is 2.34. The Hall–Kier alpha value is -0.300. The molecule has 1 nitrogen and oxygen atoms in total. The molecule has 0 radical (unpaired) electrons. The summed E-state index contributed by atoms with van der Waals surface area (Å²) in [5, 5.41) is 8.53. The lowest BCUT2D eigenvalue weighted by Crippen LogP contribution is -2.10. The molecular formula is C7H11F2NS. The van der Waals surface area contributed by atoms with Gasteiger partial charge in [0.1, 0.15) is 0 Å². The molecule has 0 N–H and O–H groups in total. The van der Waals surface area contributed by atoms with Gasteiger partial charge in [0.25, 0.3) is 0 Å². The number of hydrogen-bond donors (Lipinski definition) is 0. The predicted octanol–water partition coefficient (Wildman–Crippen LogP) is 2.88. The van der Waals surface area contributed by atoms with Crippen LogP contribution in [0.3, 0.4) is 0 Å². The molecule has 1 heterocycles. The van der Waals surface area contributed by atoms with Crippen LogP contribution in [0.2, 0.25) is 0 Å². The van der Waals surface area contributed by atoms with Gasteiger partial charge in [-0.1, -0.05) is 13.8 Å². The Kier molecular flexibility index (Phi) is 1.87. The highest BCUT2D eigenvalue weighted by atomic mass is 32.3. The van der Waals surface area contributed by atoms with Crippen LogP contribution in [0.4, 0.5) is 7.77 Å². The zero-order valence-electron chi connectivity index (χ0n) is 6.60. The second-order valence-corrected chi connectivity index (χ2v) is 5.64. The Morgan fingerprint density at radius 3 is 2.18 bits per heavy atom. The van der Waals surface area contributed by atoms with E-state index in [1.807, 2.05) is 13.8 Å². The van der Waals surface area contributed by atoms with Crippen LogP contribution in [0.25, 0.3) is 0 Å². The van der Waals surface area contributed by atoms with Crippen molar-refractivity contribution < 1.29 is 7.77 Å². The molecular weight excluding hydrogens is 168 g/mol. The number of nitrogens with zero attached hydrogens (tertiary/aromatic N) is 1. The van der Waals surface area contributed by atoms with Gasteiger partial charge in [0.05, 0.1) is 22.6 Å². The standard InChI is InChI=1S/C7H11F2NS/c1-6(2)3-7(4-10)5-11(7,8)9/h6H,3,5H2,1-2H3. The number of rotatable bonds is 2. The molecule has 0 aliphatic carbocycles. The van der Waals surface area contributed by atoms with Gasteiger partial charge in [0, 0.05) is 0 Å². The molecule has 4 heteroatoms. The Bertz CT molecular complexity index is 209. The van der Waals surface area contributed by atoms with Crippen LogP contribution in [0.1, 0.15) is 20.3 Å². The molecule has 1 unspecified atom stereocenters. The van der Waals surface area contributed by atoms with Crippen LogP contribution in [0, 0.1) is 17.2 Å². The van der Waals surface area contributed by atoms with E-state index in [2.05, 4.69) is 0 Å². The van der Waals surface area contributed by atoms with E-state index in [0.29, 0.717) is 6.42 Å². The smallest absolute Gasteiger partial charge is 0.152 e. The summed E-state index contributed by atoms with van der Waals surface area (Å²) in [6.45, 7) is 3.74. The van der Waals surface area contributed by atoms with Crippen molar-refractivity contribution in [3.05, 3.63) is 0 Å². The van der Waals surface area contributed by atoms with Crippen LogP contribution in [-0.4, -0.2) is 10.5 Å². The van der Waals surface area contributed by atoms with Gasteiger partial charge in [-0.25, -0.2) is 0 Å². The summed E-state index contributed by atoms with van der Waals surface area (Å²) >= 11 is 0. The van der Waals surface area contributed by atoms with E-state index >= 15 is 0 Å². The first-order valence-electron chi connectivity index (χ1n) is 3.55. The van der Waals surface area contributed by atoms with Crippen LogP contribution >= 0.6 is 10.8 Å². The van der Waals surface area contributed by atoms with Gasteiger partial charge in [-0.2, -0.15) is 13.0 Å². The van der Waals surface area contributed by atoms with Crippen molar-refractivity contribution in [2.45, 2.75) is 25.0 Å². The van der Waals surface area contributed by atoms with Crippen LogP contribution in [0.15, 0.2) is 0 Å². The fourth-order valence-corrected chi connectivity index (χ4v) is 2.94. The van der Waals surface area contributed by atoms with Gasteiger partial charge in [-0.3, -0.25) is 0 Å². The zero-order valence-corrected chi connectivity index (χ0v) is 7.42. The molecule has 0 aromatic rings. The third kappa shape index (κ3) is 1.34. The quantitative estimate of drug-likeness (QED) is 0.598. The number of halogens is 2. The third-order valence-corrected chi connectivity index (χ3v) is 3.89. The first kappa shape index (κ1) is 8.79. The summed E-state index contributed by atoms with van der Waals surface area (Å²) < 4.78 is 24.1. The van der Waals surface area contributed by atoms with Crippen molar-refractivity contribution >= 4 is 10.8 Å². The van der Waals surface area contributed by atoms with Crippen molar-refractivity contribution in [3.8, 4) is 6.07 Å². The molecule has 1 fully saturated rings. The third-order valence-electron chi connectivity index (χ3n) is 1.84. The Morgan fingerprint density at radius 1 is 1.64 bits per heavy atom. The highest BCUT2D eigenvalue weighted by molar-refractivity contribution is 8.33. The highest BCUT2D eigenvalue weighted by Gasteiger charge is 2.68. The highest BCUT2D eigenvalue weighted by Crippen LogP contribution is 2.80. The van der Waals surface area contributed by atoms with Gasteiger partial charge in [0.2, 0.25) is 0 Å². The minimum absolute atomic E-state index is 0.158. The molecule has 64 valence electrons. The van der Waals surface area contributed by atoms with Crippen molar-refractivity contribution in [3.63, 3.8) is 0 Å². The molecule has 0 amide bonds. The van der Waals surface area contributed by atoms with E-state index in [0.717, 1.165) is 0 Å². The largest absolute Gasteiger partial charge is 0.197 e. The minimum Gasteiger partial charge on any atom is -0.197 e. The molecule has 1 saturated heterocycles. The average Bonchev–Trinajstić information content (AvgIpc) is 2.33. The van der Waals surface area contributed by atoms with E-state index in [1.54, 1.807) is 6.07 Å². The van der Waals surface area contributed by atoms with E-state index in [-0.39, 0.29) is 11.7 Å². The summed E-state index contributed by atoms with van der Waals surface area (Å²) in [5.74, 6) is 0.0322. The van der Waals surface area contributed by atoms with Crippen molar-refractivity contribution in [2.24, 2.45) is 5.92 Å². The summed E-state index contributed by atoms with van der Waals surface area (Å²) in [6, 6.07) is 1.76. The van der Waals surface area contributed by atoms with Gasteiger partial charge >= 0.3 is 0 Å². The predicted molar refractivity (Wildman–Crippen MR) is 42.5 cm³/mol. The zero-order chi connectivity index (χ0) is 8.70. The summed E-state index contributed by atoms with van der Waals surface area (Å²) in [4.78, 5) is 0. The molecule has 1 atom stereocenters. The first-order valence-corrected chi connectivity index (χ1v) is 5.15.